The van der Waals surface area contributed by atoms with Crippen molar-refractivity contribution in [3.63, 3.8) is 0 Å². The van der Waals surface area contributed by atoms with Crippen molar-refractivity contribution in [2.45, 2.75) is 45.1 Å². The monoisotopic (exact) mass is 298 g/mol. The standard InChI is InChI=1S/C16H26N2O.ClH/c1-9(11-7-17-8-11)16(19)18-15-6-10-5-14(15)13-4-2-3-12(10)13;/h9-15,17H,2-8H2,1H3,(H,18,19);1H. The summed E-state index contributed by atoms with van der Waals surface area (Å²) in [7, 11) is 0. The quantitative estimate of drug-likeness (QED) is 0.839. The predicted molar refractivity (Wildman–Crippen MR) is 81.7 cm³/mol. The van der Waals surface area contributed by atoms with Crippen LogP contribution in [0.15, 0.2) is 0 Å². The van der Waals surface area contributed by atoms with E-state index in [0.717, 1.165) is 36.8 Å². The zero-order valence-electron chi connectivity index (χ0n) is 12.3. The molecule has 3 aliphatic carbocycles. The largest absolute Gasteiger partial charge is 0.353 e. The van der Waals surface area contributed by atoms with E-state index in [1.807, 2.05) is 0 Å². The molecule has 6 unspecified atom stereocenters. The molecule has 114 valence electrons. The van der Waals surface area contributed by atoms with Crippen LogP contribution in [-0.2, 0) is 4.79 Å². The minimum absolute atomic E-state index is 0. The second-order valence-corrected chi connectivity index (χ2v) is 7.48. The molecule has 0 aromatic rings. The molecule has 4 rings (SSSR count). The molecular weight excluding hydrogens is 272 g/mol. The summed E-state index contributed by atoms with van der Waals surface area (Å²) in [5.41, 5.74) is 0. The molecule has 1 amide bonds. The molecule has 4 aliphatic rings. The highest BCUT2D eigenvalue weighted by atomic mass is 35.5. The van der Waals surface area contributed by atoms with E-state index in [4.69, 9.17) is 0 Å². The number of hydrogen-bond acceptors (Lipinski definition) is 2. The van der Waals surface area contributed by atoms with Gasteiger partial charge in [-0.1, -0.05) is 13.3 Å². The first-order chi connectivity index (χ1) is 9.24. The van der Waals surface area contributed by atoms with Gasteiger partial charge in [-0.2, -0.15) is 0 Å². The maximum Gasteiger partial charge on any atom is 0.223 e. The molecule has 1 saturated heterocycles. The van der Waals surface area contributed by atoms with E-state index < -0.39 is 0 Å². The number of fused-ring (bicyclic) bond motifs is 5. The second-order valence-electron chi connectivity index (χ2n) is 7.48. The highest BCUT2D eigenvalue weighted by Gasteiger charge is 2.54. The van der Waals surface area contributed by atoms with Gasteiger partial charge in [0.1, 0.15) is 0 Å². The highest BCUT2D eigenvalue weighted by Crippen LogP contribution is 2.58. The molecule has 3 nitrogen and oxygen atoms in total. The number of carbonyl (C=O) groups is 1. The molecule has 6 atom stereocenters. The van der Waals surface area contributed by atoms with E-state index in [0.29, 0.717) is 17.9 Å². The van der Waals surface area contributed by atoms with Crippen LogP contribution < -0.4 is 10.6 Å². The number of halogens is 1. The SMILES string of the molecule is CC(C(=O)NC1CC2CC1C1CCCC21)C1CNC1.Cl. The lowest BCUT2D eigenvalue weighted by atomic mass is 9.78. The van der Waals surface area contributed by atoms with Crippen LogP contribution in [0.4, 0.5) is 0 Å². The summed E-state index contributed by atoms with van der Waals surface area (Å²) in [6.07, 6.45) is 7.01. The van der Waals surface area contributed by atoms with Gasteiger partial charge in [0.2, 0.25) is 5.91 Å². The van der Waals surface area contributed by atoms with Crippen LogP contribution in [0.1, 0.15) is 39.0 Å². The van der Waals surface area contributed by atoms with Gasteiger partial charge in [0, 0.05) is 12.0 Å². The number of rotatable bonds is 3. The third kappa shape index (κ3) is 2.18. The van der Waals surface area contributed by atoms with Crippen LogP contribution >= 0.6 is 12.4 Å². The minimum Gasteiger partial charge on any atom is -0.353 e. The Morgan fingerprint density at radius 3 is 2.60 bits per heavy atom. The molecule has 2 N–H and O–H groups in total. The zero-order valence-corrected chi connectivity index (χ0v) is 13.1. The van der Waals surface area contributed by atoms with Crippen molar-refractivity contribution in [2.75, 3.05) is 13.1 Å². The van der Waals surface area contributed by atoms with Crippen LogP contribution in [0.25, 0.3) is 0 Å². The molecule has 2 bridgehead atoms. The number of amides is 1. The average molecular weight is 299 g/mol. The van der Waals surface area contributed by atoms with Gasteiger partial charge in [-0.15, -0.1) is 12.4 Å². The summed E-state index contributed by atoms with van der Waals surface area (Å²) in [6.45, 7) is 4.15. The van der Waals surface area contributed by atoms with Crippen LogP contribution in [0.2, 0.25) is 0 Å². The van der Waals surface area contributed by atoms with Crippen molar-refractivity contribution in [3.05, 3.63) is 0 Å². The third-order valence-electron chi connectivity index (χ3n) is 6.69. The molecule has 4 fully saturated rings. The minimum atomic E-state index is 0. The number of nitrogens with one attached hydrogen (secondary N) is 2. The lowest BCUT2D eigenvalue weighted by Crippen LogP contribution is -2.52. The topological polar surface area (TPSA) is 41.1 Å². The summed E-state index contributed by atoms with van der Waals surface area (Å²) < 4.78 is 0. The second kappa shape index (κ2) is 5.49. The molecular formula is C16H27ClN2O. The van der Waals surface area contributed by atoms with Crippen molar-refractivity contribution in [1.29, 1.82) is 0 Å². The lowest BCUT2D eigenvalue weighted by molar-refractivity contribution is -0.128. The summed E-state index contributed by atoms with van der Waals surface area (Å²) in [5.74, 6) is 4.80. The van der Waals surface area contributed by atoms with Gasteiger partial charge in [0.05, 0.1) is 0 Å². The molecule has 1 heterocycles. The van der Waals surface area contributed by atoms with Crippen molar-refractivity contribution in [3.8, 4) is 0 Å². The van der Waals surface area contributed by atoms with Crippen LogP contribution in [-0.4, -0.2) is 25.0 Å². The number of hydrogen-bond donors (Lipinski definition) is 2. The summed E-state index contributed by atoms with van der Waals surface area (Å²) in [6, 6.07) is 0.507. The molecule has 0 radical (unpaired) electrons. The van der Waals surface area contributed by atoms with E-state index in [2.05, 4.69) is 17.6 Å². The van der Waals surface area contributed by atoms with E-state index in [-0.39, 0.29) is 18.3 Å². The van der Waals surface area contributed by atoms with Gasteiger partial charge in [0.25, 0.3) is 0 Å². The van der Waals surface area contributed by atoms with Gasteiger partial charge in [0.15, 0.2) is 0 Å². The molecule has 0 aromatic heterocycles. The highest BCUT2D eigenvalue weighted by molar-refractivity contribution is 5.85. The lowest BCUT2D eigenvalue weighted by Gasteiger charge is -2.35. The fraction of sp³-hybridized carbons (Fsp3) is 0.938. The molecule has 20 heavy (non-hydrogen) atoms. The Labute approximate surface area is 128 Å². The Morgan fingerprint density at radius 2 is 1.90 bits per heavy atom. The first kappa shape index (κ1) is 14.6. The van der Waals surface area contributed by atoms with Crippen molar-refractivity contribution in [2.24, 2.45) is 35.5 Å². The van der Waals surface area contributed by atoms with Gasteiger partial charge < -0.3 is 10.6 Å². The van der Waals surface area contributed by atoms with E-state index in [9.17, 15) is 4.79 Å². The van der Waals surface area contributed by atoms with Crippen LogP contribution in [0.5, 0.6) is 0 Å². The van der Waals surface area contributed by atoms with Crippen molar-refractivity contribution in [1.82, 2.24) is 10.6 Å². The molecule has 1 aliphatic heterocycles. The van der Waals surface area contributed by atoms with Gasteiger partial charge in [-0.05, 0) is 68.4 Å². The van der Waals surface area contributed by atoms with Gasteiger partial charge >= 0.3 is 0 Å². The van der Waals surface area contributed by atoms with Gasteiger partial charge in [-0.25, -0.2) is 0 Å². The predicted octanol–water partition coefficient (Wildman–Crippen LogP) is 2.20. The molecule has 0 aromatic carbocycles. The van der Waals surface area contributed by atoms with Crippen molar-refractivity contribution < 1.29 is 4.79 Å². The normalized spacial score (nSPS) is 43.5. The summed E-state index contributed by atoms with van der Waals surface area (Å²) >= 11 is 0. The fourth-order valence-electron chi connectivity index (χ4n) is 5.43. The summed E-state index contributed by atoms with van der Waals surface area (Å²) in [5, 5.41) is 6.67. The van der Waals surface area contributed by atoms with E-state index in [1.54, 1.807) is 0 Å². The molecule has 0 spiro atoms. The molecule has 4 heteroatoms. The van der Waals surface area contributed by atoms with Crippen LogP contribution in [0, 0.1) is 35.5 Å². The third-order valence-corrected chi connectivity index (χ3v) is 6.69. The Hall–Kier alpha value is -0.280. The smallest absolute Gasteiger partial charge is 0.223 e. The zero-order chi connectivity index (χ0) is 13.0. The van der Waals surface area contributed by atoms with Gasteiger partial charge in [-0.3, -0.25) is 4.79 Å². The maximum atomic E-state index is 12.4. The van der Waals surface area contributed by atoms with E-state index in [1.165, 1.54) is 32.1 Å². The Balaban J connectivity index is 0.00000121. The Bertz CT molecular complexity index is 385. The molecule has 3 saturated carbocycles. The summed E-state index contributed by atoms with van der Waals surface area (Å²) in [4.78, 5) is 12.4. The van der Waals surface area contributed by atoms with E-state index >= 15 is 0 Å². The maximum absolute atomic E-state index is 12.4. The number of carbonyl (C=O) groups excluding carboxylic acids is 1. The van der Waals surface area contributed by atoms with Crippen LogP contribution in [0.3, 0.4) is 0 Å². The fourth-order valence-corrected chi connectivity index (χ4v) is 5.43. The Kier molecular flexibility index (Phi) is 4.02. The first-order valence-corrected chi connectivity index (χ1v) is 8.25. The van der Waals surface area contributed by atoms with Crippen molar-refractivity contribution >= 4 is 18.3 Å². The average Bonchev–Trinajstić information content (AvgIpc) is 2.97. The Morgan fingerprint density at radius 1 is 1.15 bits per heavy atom. The first-order valence-electron chi connectivity index (χ1n) is 8.25.